The van der Waals surface area contributed by atoms with E-state index in [1.54, 1.807) is 25.1 Å². The van der Waals surface area contributed by atoms with Crippen LogP contribution in [-0.4, -0.2) is 50.5 Å². The normalized spacial score (nSPS) is 12.2. The summed E-state index contributed by atoms with van der Waals surface area (Å²) in [5, 5.41) is 3.20. The second-order valence-corrected chi connectivity index (χ2v) is 12.5. The van der Waals surface area contributed by atoms with E-state index < -0.39 is 40.2 Å². The van der Waals surface area contributed by atoms with Gasteiger partial charge in [-0.25, -0.2) is 12.8 Å². The van der Waals surface area contributed by atoms with Crippen LogP contribution in [0.1, 0.15) is 30.5 Å². The monoisotopic (exact) mass is 587 g/mol. The summed E-state index contributed by atoms with van der Waals surface area (Å²) in [6.45, 7) is 5.16. The smallest absolute Gasteiger partial charge is 0.244 e. The average Bonchev–Trinajstić information content (AvgIpc) is 2.90. The molecule has 0 aliphatic rings. The van der Waals surface area contributed by atoms with Crippen molar-refractivity contribution >= 4 is 39.1 Å². The number of sulfonamides is 1. The van der Waals surface area contributed by atoms with Gasteiger partial charge in [-0.2, -0.15) is 0 Å². The zero-order valence-electron chi connectivity index (χ0n) is 23.1. The quantitative estimate of drug-likeness (QED) is 0.324. The van der Waals surface area contributed by atoms with Crippen LogP contribution >= 0.6 is 11.6 Å². The van der Waals surface area contributed by atoms with Crippen molar-refractivity contribution in [2.24, 2.45) is 5.92 Å². The van der Waals surface area contributed by atoms with E-state index in [1.165, 1.54) is 29.2 Å². The van der Waals surface area contributed by atoms with E-state index in [0.717, 1.165) is 16.1 Å². The molecule has 0 aliphatic carbocycles. The topological polar surface area (TPSA) is 86.8 Å². The second kappa shape index (κ2) is 13.8. The molecule has 0 spiro atoms. The number of amides is 2. The standard InChI is InChI=1S/C30H35ClFN3O4S/c1-21(2)18-33-30(37)28(16-23-10-6-5-7-11-23)34(19-24-12-8-9-13-26(24)32)29(36)20-35(40(4,38)39)27-17-25(31)15-14-22(27)3/h5-15,17,21,28H,16,18-20H2,1-4H3,(H,33,37). The van der Waals surface area contributed by atoms with Crippen LogP contribution in [0.15, 0.2) is 72.8 Å². The molecule has 1 unspecified atom stereocenters. The predicted octanol–water partition coefficient (Wildman–Crippen LogP) is 4.97. The maximum atomic E-state index is 14.8. The van der Waals surface area contributed by atoms with Gasteiger partial charge in [0.1, 0.15) is 18.4 Å². The van der Waals surface area contributed by atoms with Gasteiger partial charge in [0.2, 0.25) is 21.8 Å². The van der Waals surface area contributed by atoms with Gasteiger partial charge in [0.05, 0.1) is 11.9 Å². The SMILES string of the molecule is Cc1ccc(Cl)cc1N(CC(=O)N(Cc1ccccc1F)C(Cc1ccccc1)C(=O)NCC(C)C)S(C)(=O)=O. The highest BCUT2D eigenvalue weighted by molar-refractivity contribution is 7.92. The Morgan fingerprint density at radius 3 is 2.27 bits per heavy atom. The summed E-state index contributed by atoms with van der Waals surface area (Å²) in [7, 11) is -3.94. The molecule has 0 aromatic heterocycles. The second-order valence-electron chi connectivity index (χ2n) is 10.2. The van der Waals surface area contributed by atoms with Crippen molar-refractivity contribution in [1.82, 2.24) is 10.2 Å². The fourth-order valence-corrected chi connectivity index (χ4v) is 5.30. The van der Waals surface area contributed by atoms with Crippen LogP contribution in [0.25, 0.3) is 0 Å². The Kier molecular flexibility index (Phi) is 10.7. The number of carbonyl (C=O) groups is 2. The summed E-state index contributed by atoms with van der Waals surface area (Å²) in [6, 6.07) is 18.9. The molecule has 3 rings (SSSR count). The highest BCUT2D eigenvalue weighted by Gasteiger charge is 2.33. The Hall–Kier alpha value is -3.43. The van der Waals surface area contributed by atoms with Crippen LogP contribution in [0, 0.1) is 18.7 Å². The van der Waals surface area contributed by atoms with E-state index in [9.17, 15) is 22.4 Å². The predicted molar refractivity (Wildman–Crippen MR) is 157 cm³/mol. The Morgan fingerprint density at radius 1 is 1.00 bits per heavy atom. The lowest BCUT2D eigenvalue weighted by molar-refractivity contribution is -0.140. The van der Waals surface area contributed by atoms with E-state index in [4.69, 9.17) is 11.6 Å². The molecule has 0 bridgehead atoms. The Labute approximate surface area is 241 Å². The first-order chi connectivity index (χ1) is 18.9. The van der Waals surface area contributed by atoms with Gasteiger partial charge in [0.25, 0.3) is 0 Å². The van der Waals surface area contributed by atoms with Gasteiger partial charge in [0.15, 0.2) is 0 Å². The zero-order valence-corrected chi connectivity index (χ0v) is 24.7. The van der Waals surface area contributed by atoms with E-state index in [1.807, 2.05) is 44.2 Å². The maximum Gasteiger partial charge on any atom is 0.244 e. The lowest BCUT2D eigenvalue weighted by Crippen LogP contribution is -2.53. The van der Waals surface area contributed by atoms with Crippen molar-refractivity contribution in [2.75, 3.05) is 23.7 Å². The third-order valence-corrected chi connectivity index (χ3v) is 7.73. The molecule has 0 radical (unpaired) electrons. The first-order valence-electron chi connectivity index (χ1n) is 12.9. The number of hydrogen-bond acceptors (Lipinski definition) is 4. The summed E-state index contributed by atoms with van der Waals surface area (Å²) in [5.41, 5.74) is 1.84. The van der Waals surface area contributed by atoms with Gasteiger partial charge in [-0.1, -0.05) is 80.0 Å². The summed E-state index contributed by atoms with van der Waals surface area (Å²) in [6.07, 6.45) is 1.15. The number of carbonyl (C=O) groups excluding carboxylic acids is 2. The van der Waals surface area contributed by atoms with Gasteiger partial charge in [-0.3, -0.25) is 13.9 Å². The van der Waals surface area contributed by atoms with Crippen molar-refractivity contribution in [3.05, 3.63) is 100 Å². The van der Waals surface area contributed by atoms with Crippen molar-refractivity contribution < 1.29 is 22.4 Å². The Morgan fingerprint density at radius 2 is 1.65 bits per heavy atom. The first-order valence-corrected chi connectivity index (χ1v) is 15.2. The highest BCUT2D eigenvalue weighted by Crippen LogP contribution is 2.27. The molecule has 3 aromatic rings. The molecule has 3 aromatic carbocycles. The molecular formula is C30H35ClFN3O4S. The lowest BCUT2D eigenvalue weighted by Gasteiger charge is -2.34. The molecule has 1 N–H and O–H groups in total. The van der Waals surface area contributed by atoms with Crippen LogP contribution in [-0.2, 0) is 32.6 Å². The number of rotatable bonds is 12. The van der Waals surface area contributed by atoms with E-state index in [0.29, 0.717) is 17.1 Å². The van der Waals surface area contributed by atoms with Gasteiger partial charge < -0.3 is 10.2 Å². The van der Waals surface area contributed by atoms with Gasteiger partial charge in [0, 0.05) is 30.1 Å². The Bertz CT molecular complexity index is 1430. The summed E-state index contributed by atoms with van der Waals surface area (Å²) in [5.74, 6) is -1.45. The first kappa shape index (κ1) is 31.1. The van der Waals surface area contributed by atoms with Crippen LogP contribution in [0.4, 0.5) is 10.1 Å². The molecule has 10 heteroatoms. The van der Waals surface area contributed by atoms with Crippen molar-refractivity contribution in [3.63, 3.8) is 0 Å². The molecule has 0 saturated heterocycles. The summed E-state index contributed by atoms with van der Waals surface area (Å²) >= 11 is 6.17. The van der Waals surface area contributed by atoms with E-state index in [2.05, 4.69) is 5.32 Å². The molecule has 0 heterocycles. The third kappa shape index (κ3) is 8.53. The van der Waals surface area contributed by atoms with Gasteiger partial charge in [-0.15, -0.1) is 0 Å². The van der Waals surface area contributed by atoms with Crippen molar-refractivity contribution in [1.29, 1.82) is 0 Å². The molecule has 2 amide bonds. The molecule has 1 atom stereocenters. The molecule has 0 saturated carbocycles. The molecule has 0 aliphatic heterocycles. The molecule has 40 heavy (non-hydrogen) atoms. The highest BCUT2D eigenvalue weighted by atomic mass is 35.5. The van der Waals surface area contributed by atoms with Crippen LogP contribution in [0.5, 0.6) is 0 Å². The van der Waals surface area contributed by atoms with Gasteiger partial charge >= 0.3 is 0 Å². The number of nitrogens with zero attached hydrogens (tertiary/aromatic N) is 2. The van der Waals surface area contributed by atoms with Crippen molar-refractivity contribution in [2.45, 2.75) is 39.8 Å². The summed E-state index contributed by atoms with van der Waals surface area (Å²) in [4.78, 5) is 28.9. The van der Waals surface area contributed by atoms with Crippen molar-refractivity contribution in [3.8, 4) is 0 Å². The minimum atomic E-state index is -3.94. The number of halogens is 2. The van der Waals surface area contributed by atoms with Gasteiger partial charge in [-0.05, 0) is 42.2 Å². The maximum absolute atomic E-state index is 14.8. The fraction of sp³-hybridized carbons (Fsp3) is 0.333. The third-order valence-electron chi connectivity index (χ3n) is 6.37. The minimum absolute atomic E-state index is 0.153. The minimum Gasteiger partial charge on any atom is -0.354 e. The zero-order chi connectivity index (χ0) is 29.4. The van der Waals surface area contributed by atoms with Crippen LogP contribution in [0.2, 0.25) is 5.02 Å². The molecule has 7 nitrogen and oxygen atoms in total. The fourth-order valence-electron chi connectivity index (χ4n) is 4.23. The largest absolute Gasteiger partial charge is 0.354 e. The van der Waals surface area contributed by atoms with Crippen LogP contribution < -0.4 is 9.62 Å². The van der Waals surface area contributed by atoms with E-state index in [-0.39, 0.29) is 30.1 Å². The molecule has 0 fully saturated rings. The van der Waals surface area contributed by atoms with E-state index >= 15 is 0 Å². The molecule has 214 valence electrons. The summed E-state index contributed by atoms with van der Waals surface area (Å²) < 4.78 is 41.6. The average molecular weight is 588 g/mol. The number of benzene rings is 3. The number of hydrogen-bond donors (Lipinski definition) is 1. The lowest BCUT2D eigenvalue weighted by atomic mass is 10.0. The number of anilines is 1. The number of nitrogens with one attached hydrogen (secondary N) is 1. The Balaban J connectivity index is 2.08. The number of aryl methyl sites for hydroxylation is 1. The molecular weight excluding hydrogens is 553 g/mol. The van der Waals surface area contributed by atoms with Crippen LogP contribution in [0.3, 0.4) is 0 Å².